The van der Waals surface area contributed by atoms with Crippen LogP contribution in [0, 0.1) is 11.7 Å². The third-order valence-electron chi connectivity index (χ3n) is 7.98. The minimum absolute atomic E-state index is 0.0598. The maximum atomic E-state index is 13.6. The fraction of sp³-hybridized carbons (Fsp3) is 0.533. The van der Waals surface area contributed by atoms with E-state index in [1.807, 2.05) is 30.3 Å². The van der Waals surface area contributed by atoms with Gasteiger partial charge in [0.1, 0.15) is 5.82 Å². The number of nitrogens with zero attached hydrogens (tertiary/aromatic N) is 1. The lowest BCUT2D eigenvalue weighted by Crippen LogP contribution is -2.48. The highest BCUT2D eigenvalue weighted by molar-refractivity contribution is 5.79. The second-order valence-corrected chi connectivity index (χ2v) is 10.9. The van der Waals surface area contributed by atoms with E-state index >= 15 is 0 Å². The van der Waals surface area contributed by atoms with Crippen LogP contribution >= 0.6 is 0 Å². The summed E-state index contributed by atoms with van der Waals surface area (Å²) in [6, 6.07) is 15.9. The molecular formula is C30H38F3N3O2. The summed E-state index contributed by atoms with van der Waals surface area (Å²) < 4.78 is 40.3. The molecular weight excluding hydrogens is 491 g/mol. The Morgan fingerprint density at radius 2 is 1.61 bits per heavy atom. The molecule has 2 amide bonds. The highest BCUT2D eigenvalue weighted by Crippen LogP contribution is 2.36. The number of nitrogens with one attached hydrogen (secondary N) is 2. The first-order valence-corrected chi connectivity index (χ1v) is 13.7. The number of hydrogen-bond acceptors (Lipinski definition) is 3. The quantitative estimate of drug-likeness (QED) is 0.457. The monoisotopic (exact) mass is 529 g/mol. The Kier molecular flexibility index (Phi) is 9.47. The molecule has 0 spiro atoms. The molecule has 0 bridgehead atoms. The molecule has 8 heteroatoms. The molecule has 2 fully saturated rings. The Bertz CT molecular complexity index is 1050. The van der Waals surface area contributed by atoms with Crippen LogP contribution in [0.3, 0.4) is 0 Å². The highest BCUT2D eigenvalue weighted by Gasteiger charge is 2.38. The molecule has 0 unspecified atom stereocenters. The molecule has 2 aromatic rings. The Morgan fingerprint density at radius 1 is 0.974 bits per heavy atom. The van der Waals surface area contributed by atoms with Gasteiger partial charge in [-0.15, -0.1) is 0 Å². The minimum Gasteiger partial charge on any atom is -0.353 e. The van der Waals surface area contributed by atoms with E-state index in [1.54, 1.807) is 12.1 Å². The number of carbonyl (C=O) groups excluding carboxylic acids is 2. The number of hydrogen-bond donors (Lipinski definition) is 2. The molecule has 1 aliphatic carbocycles. The van der Waals surface area contributed by atoms with Crippen LogP contribution in [-0.4, -0.2) is 47.8 Å². The molecule has 4 rings (SSSR count). The maximum absolute atomic E-state index is 13.6. The van der Waals surface area contributed by atoms with Crippen LogP contribution in [0.5, 0.6) is 0 Å². The van der Waals surface area contributed by atoms with Gasteiger partial charge in [-0.05, 0) is 62.3 Å². The summed E-state index contributed by atoms with van der Waals surface area (Å²) in [5.41, 5.74) is 1.79. The lowest BCUT2D eigenvalue weighted by molar-refractivity contribution is -0.130. The first-order valence-electron chi connectivity index (χ1n) is 13.7. The molecule has 206 valence electrons. The number of halogens is 3. The van der Waals surface area contributed by atoms with Gasteiger partial charge in [-0.1, -0.05) is 42.5 Å². The van der Waals surface area contributed by atoms with Crippen molar-refractivity contribution < 1.29 is 22.8 Å². The molecule has 0 aromatic heterocycles. The normalized spacial score (nSPS) is 20.4. The molecule has 38 heavy (non-hydrogen) atoms. The lowest BCUT2D eigenvalue weighted by Gasteiger charge is -2.38. The summed E-state index contributed by atoms with van der Waals surface area (Å²) in [5.74, 6) is -3.54. The maximum Gasteiger partial charge on any atom is 0.248 e. The van der Waals surface area contributed by atoms with Gasteiger partial charge in [0.2, 0.25) is 17.7 Å². The lowest BCUT2D eigenvalue weighted by atomic mass is 9.85. The second-order valence-electron chi connectivity index (χ2n) is 10.9. The van der Waals surface area contributed by atoms with Gasteiger partial charge in [0.05, 0.1) is 12.5 Å². The molecule has 2 N–H and O–H groups in total. The zero-order chi connectivity index (χ0) is 27.1. The second kappa shape index (κ2) is 12.8. The van der Waals surface area contributed by atoms with E-state index in [0.717, 1.165) is 37.1 Å². The molecule has 5 nitrogen and oxygen atoms in total. The number of amides is 2. The van der Waals surface area contributed by atoms with Crippen LogP contribution in [0.2, 0.25) is 0 Å². The van der Waals surface area contributed by atoms with E-state index in [1.165, 1.54) is 12.1 Å². The van der Waals surface area contributed by atoms with E-state index in [9.17, 15) is 22.8 Å². The summed E-state index contributed by atoms with van der Waals surface area (Å²) in [6.07, 6.45) is 2.58. The average Bonchev–Trinajstić information content (AvgIpc) is 2.90. The fourth-order valence-electron chi connectivity index (χ4n) is 5.60. The molecule has 2 atom stereocenters. The predicted octanol–water partition coefficient (Wildman–Crippen LogP) is 5.41. The van der Waals surface area contributed by atoms with Crippen molar-refractivity contribution in [2.24, 2.45) is 5.92 Å². The molecule has 1 saturated carbocycles. The fourth-order valence-corrected chi connectivity index (χ4v) is 5.60. The van der Waals surface area contributed by atoms with Gasteiger partial charge in [-0.3, -0.25) is 9.59 Å². The van der Waals surface area contributed by atoms with E-state index < -0.39 is 5.92 Å². The summed E-state index contributed by atoms with van der Waals surface area (Å²) >= 11 is 0. The zero-order valence-corrected chi connectivity index (χ0v) is 22.0. The van der Waals surface area contributed by atoms with Gasteiger partial charge in [0, 0.05) is 43.9 Å². The Hall–Kier alpha value is -2.87. The summed E-state index contributed by atoms with van der Waals surface area (Å²) in [7, 11) is 0. The Morgan fingerprint density at radius 3 is 2.24 bits per heavy atom. The molecule has 2 aromatic carbocycles. The van der Waals surface area contributed by atoms with Gasteiger partial charge in [-0.25, -0.2) is 13.2 Å². The third-order valence-corrected chi connectivity index (χ3v) is 7.98. The van der Waals surface area contributed by atoms with Crippen molar-refractivity contribution in [1.29, 1.82) is 0 Å². The molecule has 0 radical (unpaired) electrons. The number of carbonyl (C=O) groups is 2. The predicted molar refractivity (Wildman–Crippen MR) is 141 cm³/mol. The van der Waals surface area contributed by atoms with E-state index in [2.05, 4.69) is 22.5 Å². The minimum atomic E-state index is -2.66. The number of rotatable bonds is 9. The van der Waals surface area contributed by atoms with Crippen LogP contribution in [0.4, 0.5) is 13.2 Å². The molecule has 1 saturated heterocycles. The first-order chi connectivity index (χ1) is 18.2. The van der Waals surface area contributed by atoms with Crippen molar-refractivity contribution in [2.75, 3.05) is 13.1 Å². The highest BCUT2D eigenvalue weighted by atomic mass is 19.3. The van der Waals surface area contributed by atoms with E-state index in [4.69, 9.17) is 0 Å². The van der Waals surface area contributed by atoms with Gasteiger partial charge in [-0.2, -0.15) is 0 Å². The standard InChI is InChI=1S/C30H38F3N3O2/c1-21(36-17-13-26(14-18-36)34-28(37)20-22-7-9-25(31)10-8-22)19-27(23-5-3-2-4-6-23)35-29(38)24-11-15-30(32,33)16-12-24/h2-10,21,24,26-27H,11-20H2,1H3,(H,34,37)(H,35,38)/t21-,27-/m1/s1. The number of piperidine rings is 1. The van der Waals surface area contributed by atoms with Crippen LogP contribution < -0.4 is 10.6 Å². The van der Waals surface area contributed by atoms with Crippen LogP contribution in [0.1, 0.15) is 69.0 Å². The summed E-state index contributed by atoms with van der Waals surface area (Å²) in [4.78, 5) is 27.8. The van der Waals surface area contributed by atoms with Crippen molar-refractivity contribution >= 4 is 11.8 Å². The smallest absolute Gasteiger partial charge is 0.248 e. The average molecular weight is 530 g/mol. The van der Waals surface area contributed by atoms with Crippen molar-refractivity contribution in [3.8, 4) is 0 Å². The summed E-state index contributed by atoms with van der Waals surface area (Å²) in [5, 5.41) is 6.28. The zero-order valence-electron chi connectivity index (χ0n) is 22.0. The number of likely N-dealkylation sites (tertiary alicyclic amines) is 1. The number of alkyl halides is 2. The topological polar surface area (TPSA) is 61.4 Å². The van der Waals surface area contributed by atoms with Crippen molar-refractivity contribution in [3.05, 3.63) is 71.5 Å². The Labute approximate surface area is 223 Å². The largest absolute Gasteiger partial charge is 0.353 e. The SMILES string of the molecule is C[C@H](C[C@@H](NC(=O)C1CCC(F)(F)CC1)c1ccccc1)N1CCC(NC(=O)Cc2ccc(F)cc2)CC1. The first kappa shape index (κ1) is 28.1. The van der Waals surface area contributed by atoms with Gasteiger partial charge in [0.25, 0.3) is 0 Å². The van der Waals surface area contributed by atoms with Crippen molar-refractivity contribution in [3.63, 3.8) is 0 Å². The third kappa shape index (κ3) is 8.06. The Balaban J connectivity index is 1.28. The van der Waals surface area contributed by atoms with Crippen molar-refractivity contribution in [2.45, 2.75) is 82.3 Å². The van der Waals surface area contributed by atoms with Crippen LogP contribution in [-0.2, 0) is 16.0 Å². The van der Waals surface area contributed by atoms with Crippen molar-refractivity contribution in [1.82, 2.24) is 15.5 Å². The van der Waals surface area contributed by atoms with E-state index in [-0.39, 0.29) is 73.8 Å². The summed E-state index contributed by atoms with van der Waals surface area (Å²) in [6.45, 7) is 3.81. The number of benzene rings is 2. The van der Waals surface area contributed by atoms with E-state index in [0.29, 0.717) is 6.42 Å². The molecule has 2 aliphatic rings. The van der Waals surface area contributed by atoms with Gasteiger partial charge < -0.3 is 15.5 Å². The molecule has 1 aliphatic heterocycles. The molecule has 1 heterocycles. The van der Waals surface area contributed by atoms with Gasteiger partial charge in [0.15, 0.2) is 0 Å². The van der Waals surface area contributed by atoms with Crippen LogP contribution in [0.15, 0.2) is 54.6 Å². The van der Waals surface area contributed by atoms with Gasteiger partial charge >= 0.3 is 0 Å². The van der Waals surface area contributed by atoms with Crippen LogP contribution in [0.25, 0.3) is 0 Å².